The summed E-state index contributed by atoms with van der Waals surface area (Å²) >= 11 is 0. The maximum atomic E-state index is 13.2. The molecule has 0 amide bonds. The number of nitrogens with zero attached hydrogens (tertiary/aromatic N) is 29. The van der Waals surface area contributed by atoms with Gasteiger partial charge in [0.05, 0.1) is 45.8 Å². The van der Waals surface area contributed by atoms with Crippen molar-refractivity contribution in [1.82, 2.24) is 147 Å². The van der Waals surface area contributed by atoms with Gasteiger partial charge in [-0.15, -0.1) is 36.4 Å². The largest absolute Gasteiger partial charge is 3.00 e. The first-order valence-corrected chi connectivity index (χ1v) is 39.4. The zero-order chi connectivity index (χ0) is 99.5. The van der Waals surface area contributed by atoms with Gasteiger partial charge in [0.25, 0.3) is 0 Å². The van der Waals surface area contributed by atoms with E-state index >= 15 is 0 Å². The van der Waals surface area contributed by atoms with E-state index in [2.05, 4.69) is 165 Å². The number of alkyl halides is 12. The van der Waals surface area contributed by atoms with Gasteiger partial charge in [0, 0.05) is 90.7 Å². The maximum Gasteiger partial charge on any atom is 3.00 e. The number of halogens is 18. The minimum Gasteiger partial charge on any atom is -0.413 e. The van der Waals surface area contributed by atoms with Crippen molar-refractivity contribution in [3.05, 3.63) is 330 Å². The summed E-state index contributed by atoms with van der Waals surface area (Å²) < 4.78 is 226. The normalized spacial score (nSPS) is 11.1. The Hall–Kier alpha value is -14.6. The second-order valence-corrected chi connectivity index (χ2v) is 30.7. The third kappa shape index (κ3) is 34.2. The average Bonchev–Trinajstić information content (AvgIpc) is 1.68. The van der Waals surface area contributed by atoms with Crippen molar-refractivity contribution in [2.24, 2.45) is 0 Å². The predicted octanol–water partition coefficient (Wildman–Crippen LogP) is 18.5. The van der Waals surface area contributed by atoms with Crippen molar-refractivity contribution in [3.63, 3.8) is 0 Å². The number of aromatic nitrogens is 29. The van der Waals surface area contributed by atoms with Crippen LogP contribution >= 0.6 is 0 Å². The van der Waals surface area contributed by atoms with Crippen molar-refractivity contribution < 1.29 is 139 Å². The van der Waals surface area contributed by atoms with E-state index in [9.17, 15) is 79.0 Å². The molecule has 18 aromatic rings. The number of aryl methyl sites for hydroxylation is 1. The van der Waals surface area contributed by atoms with E-state index < -0.39 is 82.9 Å². The van der Waals surface area contributed by atoms with Gasteiger partial charge in [0.1, 0.15) is 23.3 Å². The fourth-order valence-corrected chi connectivity index (χ4v) is 10.5. The molecule has 0 aliphatic carbocycles. The first-order valence-electron chi connectivity index (χ1n) is 39.4. The minimum atomic E-state index is -4.59. The van der Waals surface area contributed by atoms with Gasteiger partial charge in [0.2, 0.25) is 0 Å². The molecule has 0 saturated heterocycles. The molecule has 0 aliphatic rings. The summed E-state index contributed by atoms with van der Waals surface area (Å²) in [6.07, 6.45) is -4.30. The SMILES string of the molecule is CC(C)(C)c1ccnc(-c2nc(C(F)(F)F)n[n-]2)c1.CC(C)(C)c1ccnc(-c2nc(C(F)(F)F)n[n-]2)c1.CC(C)(C)c1ccnc(-c2nc(C(F)(F)F)n[n-]2)c1.Cc1ccnc(-c2nc(C(F)(F)F)n[n-]2)c1.Fc1c[c-]c(-c2ccccn2)c(F)c1.Fc1c[c-]c(-c2ccccn2)c(F)c1.Fc1c[c-]c(-c2ccccn2)c(F)c1.[Ir+3].[Ir+3].[Ir+3].c1ccc(-c2nnn[n-]2)nc1.c1ccc(-c2nnn[n-]2)nc1. The van der Waals surface area contributed by atoms with Gasteiger partial charge >= 0.3 is 85.0 Å². The summed E-state index contributed by atoms with van der Waals surface area (Å²) in [6.45, 7) is 19.8. The molecule has 0 aliphatic heterocycles. The molecule has 15 heterocycles. The van der Waals surface area contributed by atoms with Crippen LogP contribution in [-0.4, -0.2) is 116 Å². The van der Waals surface area contributed by atoms with Gasteiger partial charge in [-0.2, -0.15) is 63.1 Å². The molecule has 0 atom stereocenters. The number of hydrogen-bond acceptors (Lipinski definition) is 23. The fraction of sp³-hybridized carbons (Fsp3) is 0.189. The number of rotatable bonds is 9. The zero-order valence-electron chi connectivity index (χ0n) is 73.7. The zero-order valence-corrected chi connectivity index (χ0v) is 80.9. The summed E-state index contributed by atoms with van der Waals surface area (Å²) in [5, 5.41) is 53.7. The van der Waals surface area contributed by atoms with Crippen LogP contribution in [0.15, 0.2) is 232 Å². The molecular weight excluding hydrogens is 2410 g/mol. The van der Waals surface area contributed by atoms with Crippen molar-refractivity contribution in [2.75, 3.05) is 0 Å². The van der Waals surface area contributed by atoms with E-state index in [0.29, 0.717) is 40.1 Å². The van der Waals surface area contributed by atoms with Crippen LogP contribution in [0.2, 0.25) is 0 Å². The molecule has 0 fully saturated rings. The molecule has 0 saturated carbocycles. The van der Waals surface area contributed by atoms with Crippen LogP contribution < -0.4 is 30.6 Å². The fourth-order valence-electron chi connectivity index (χ4n) is 10.5. The molecule has 0 unspecified atom stereocenters. The van der Waals surface area contributed by atoms with E-state index in [-0.39, 0.29) is 139 Å². The Morgan fingerprint density at radius 1 is 0.257 bits per heavy atom. The Morgan fingerprint density at radius 3 is 0.693 bits per heavy atom. The number of tetrazole rings is 2. The molecule has 726 valence electrons. The van der Waals surface area contributed by atoms with Crippen LogP contribution in [0.4, 0.5) is 79.0 Å². The molecule has 50 heteroatoms. The molecule has 3 aromatic carbocycles. The van der Waals surface area contributed by atoms with E-state index in [4.69, 9.17) is 0 Å². The molecule has 0 spiro atoms. The van der Waals surface area contributed by atoms with Crippen LogP contribution in [0.1, 0.15) is 108 Å². The summed E-state index contributed by atoms with van der Waals surface area (Å²) in [5.41, 5.74) is 7.72. The van der Waals surface area contributed by atoms with Gasteiger partial charge < -0.3 is 65.5 Å². The molecule has 140 heavy (non-hydrogen) atoms. The first kappa shape index (κ1) is 112. The Balaban J connectivity index is 0.000000215. The van der Waals surface area contributed by atoms with Crippen molar-refractivity contribution in [3.8, 4) is 103 Å². The maximum absolute atomic E-state index is 13.2. The first-order chi connectivity index (χ1) is 64.7. The predicted molar refractivity (Wildman–Crippen MR) is 453 cm³/mol. The summed E-state index contributed by atoms with van der Waals surface area (Å²) in [5.74, 6) is -8.36. The van der Waals surface area contributed by atoms with Crippen molar-refractivity contribution in [2.45, 2.75) is 110 Å². The summed E-state index contributed by atoms with van der Waals surface area (Å²) in [7, 11) is 0. The minimum absolute atomic E-state index is 0. The molecular formula is C90H68F18Ir3N29. The average molecular weight is 2470 g/mol. The molecule has 0 bridgehead atoms. The Bertz CT molecular complexity index is 6260. The van der Waals surface area contributed by atoms with Gasteiger partial charge in [-0.05, 0) is 177 Å². The van der Waals surface area contributed by atoms with E-state index in [1.807, 2.05) is 105 Å². The van der Waals surface area contributed by atoms with Gasteiger partial charge in [-0.1, -0.05) is 146 Å². The smallest absolute Gasteiger partial charge is 0.413 e. The number of pyridine rings is 9. The topological polar surface area (TPSA) is 381 Å². The second-order valence-electron chi connectivity index (χ2n) is 30.7. The van der Waals surface area contributed by atoms with Crippen molar-refractivity contribution >= 4 is 0 Å². The van der Waals surface area contributed by atoms with Gasteiger partial charge in [-0.3, -0.25) is 97.3 Å². The Morgan fingerprint density at radius 2 is 0.493 bits per heavy atom. The van der Waals surface area contributed by atoms with Crippen LogP contribution in [0.25, 0.3) is 103 Å². The van der Waals surface area contributed by atoms with Crippen LogP contribution in [0.5, 0.6) is 0 Å². The third-order valence-corrected chi connectivity index (χ3v) is 17.3. The van der Waals surface area contributed by atoms with Crippen LogP contribution in [0.3, 0.4) is 0 Å². The monoisotopic (exact) mass is 2480 g/mol. The number of benzene rings is 3. The van der Waals surface area contributed by atoms with Crippen LogP contribution in [0, 0.1) is 60.0 Å². The van der Waals surface area contributed by atoms with Gasteiger partial charge in [0.15, 0.2) is 0 Å². The molecule has 15 aromatic heterocycles. The molecule has 0 N–H and O–H groups in total. The molecule has 29 nitrogen and oxygen atoms in total. The standard InChI is InChI=1S/3C12H12F3N4.3C11H6F2N.C9H6F3N4.2C6H4N5.3Ir/c3*1-11(2,3)7-4-5-16-8(6-7)9-17-10(19-18-9)12(13,14)15;3*12-8-4-5-9(10(13)7-8)11-3-1-2-6-14-11;1-5-2-3-13-6(4-5)7-14-8(16-15-7)9(10,11)12;2*1-2-4-7-5(3-1)6-8-10-11-9-6;;;/h3*4-6H,1-3H3;3*1-4,6-7H;2-4H,1H3;2*1-4H;;;/q9*-1;3*+3. The van der Waals surface area contributed by atoms with E-state index in [0.717, 1.165) is 58.7 Å². The van der Waals surface area contributed by atoms with Crippen molar-refractivity contribution in [1.29, 1.82) is 0 Å². The molecule has 18 rings (SSSR count). The Kier molecular flexibility index (Phi) is 40.7. The third-order valence-electron chi connectivity index (χ3n) is 17.3. The van der Waals surface area contributed by atoms with Gasteiger partial charge in [-0.25, -0.2) is 0 Å². The van der Waals surface area contributed by atoms with E-state index in [1.165, 1.54) is 24.8 Å². The second kappa shape index (κ2) is 50.6. The summed E-state index contributed by atoms with van der Waals surface area (Å²) in [4.78, 5) is 49.1. The summed E-state index contributed by atoms with van der Waals surface area (Å²) in [6, 6.07) is 53.3. The quantitative estimate of drug-likeness (QED) is 0.0956. The number of hydrogen-bond donors (Lipinski definition) is 0. The van der Waals surface area contributed by atoms with E-state index in [1.54, 1.807) is 135 Å². The van der Waals surface area contributed by atoms with Crippen LogP contribution in [-0.2, 0) is 101 Å². The molecule has 0 radical (unpaired) electrons. The Labute approximate surface area is 824 Å².